The van der Waals surface area contributed by atoms with Gasteiger partial charge in [-0.05, 0) is 53.9 Å². The monoisotopic (exact) mass is 449 g/mol. The molecule has 8 heteroatoms. The number of amides is 1. The number of benzene rings is 3. The summed E-state index contributed by atoms with van der Waals surface area (Å²) in [5, 5.41) is 0. The lowest BCUT2D eigenvalue weighted by Gasteiger charge is -2.23. The number of anilines is 1. The van der Waals surface area contributed by atoms with E-state index in [1.807, 2.05) is 30.3 Å². The average Bonchev–Trinajstić information content (AvgIpc) is 2.75. The zero-order valence-corrected chi connectivity index (χ0v) is 16.9. The van der Waals surface area contributed by atoms with Crippen molar-refractivity contribution >= 4 is 11.6 Å². The van der Waals surface area contributed by atoms with Crippen LogP contribution in [0.3, 0.4) is 0 Å². The van der Waals surface area contributed by atoms with Gasteiger partial charge in [0.1, 0.15) is 5.75 Å². The molecule has 0 aliphatic heterocycles. The highest BCUT2D eigenvalue weighted by Gasteiger charge is 2.30. The van der Waals surface area contributed by atoms with E-state index in [2.05, 4.69) is 4.74 Å². The summed E-state index contributed by atoms with van der Waals surface area (Å²) in [6, 6.07) is 19.5. The summed E-state index contributed by atoms with van der Waals surface area (Å²) in [5.41, 5.74) is 1.16. The lowest BCUT2D eigenvalue weighted by atomic mass is 10.1. The lowest BCUT2D eigenvalue weighted by Crippen LogP contribution is -2.34. The summed E-state index contributed by atoms with van der Waals surface area (Å²) >= 11 is 0. The van der Waals surface area contributed by atoms with Crippen LogP contribution in [0.4, 0.5) is 27.6 Å². The summed E-state index contributed by atoms with van der Waals surface area (Å²) in [6.07, 6.45) is -3.99. The first-order valence-corrected chi connectivity index (χ1v) is 9.77. The molecule has 3 aromatic carbocycles. The third kappa shape index (κ3) is 6.54. The van der Waals surface area contributed by atoms with Crippen LogP contribution in [0.1, 0.15) is 16.7 Å². The molecule has 0 aliphatic rings. The summed E-state index contributed by atoms with van der Waals surface area (Å²) in [4.78, 5) is 14.5. The minimum atomic E-state index is -4.42. The lowest BCUT2D eigenvalue weighted by molar-refractivity contribution is -0.137. The number of hydrogen-bond acceptors (Lipinski definition) is 2. The van der Waals surface area contributed by atoms with E-state index in [1.165, 1.54) is 41.3 Å². The summed E-state index contributed by atoms with van der Waals surface area (Å²) in [5.74, 6) is -0.271. The van der Waals surface area contributed by atoms with Crippen molar-refractivity contribution in [2.24, 2.45) is 0 Å². The number of carbonyl (C=O) groups is 1. The fourth-order valence-electron chi connectivity index (χ4n) is 3.17. The van der Waals surface area contributed by atoms with Crippen molar-refractivity contribution in [3.8, 4) is 5.75 Å². The maximum Gasteiger partial charge on any atom is 0.416 e. The van der Waals surface area contributed by atoms with Gasteiger partial charge in [-0.3, -0.25) is 4.79 Å². The van der Waals surface area contributed by atoms with Crippen molar-refractivity contribution < 1.29 is 31.5 Å². The molecule has 0 aliphatic carbocycles. The molecule has 0 saturated heterocycles. The van der Waals surface area contributed by atoms with E-state index in [0.29, 0.717) is 17.7 Å². The van der Waals surface area contributed by atoms with Crippen LogP contribution in [0.25, 0.3) is 0 Å². The van der Waals surface area contributed by atoms with Gasteiger partial charge in [0.15, 0.2) is 0 Å². The van der Waals surface area contributed by atoms with E-state index in [1.54, 1.807) is 0 Å². The van der Waals surface area contributed by atoms with Crippen LogP contribution in [0.5, 0.6) is 5.75 Å². The number of rotatable bonds is 8. The van der Waals surface area contributed by atoms with Crippen LogP contribution in [0.15, 0.2) is 78.9 Å². The first kappa shape index (κ1) is 23.2. The molecule has 0 spiro atoms. The number of nitrogens with zero attached hydrogens (tertiary/aromatic N) is 1. The maximum absolute atomic E-state index is 13.0. The number of hydrogen-bond donors (Lipinski definition) is 0. The summed E-state index contributed by atoms with van der Waals surface area (Å²) in [6.45, 7) is -2.76. The van der Waals surface area contributed by atoms with E-state index in [4.69, 9.17) is 0 Å². The predicted molar refractivity (Wildman–Crippen MR) is 111 cm³/mol. The van der Waals surface area contributed by atoms with Gasteiger partial charge in [-0.1, -0.05) is 42.5 Å². The molecule has 168 valence electrons. The Hall–Kier alpha value is -3.42. The topological polar surface area (TPSA) is 29.5 Å². The number of alkyl halides is 5. The Labute approximate surface area is 182 Å². The third-order valence-corrected chi connectivity index (χ3v) is 4.78. The molecule has 1 amide bonds. The highest BCUT2D eigenvalue weighted by molar-refractivity contribution is 5.94. The fourth-order valence-corrected chi connectivity index (χ4v) is 3.17. The Morgan fingerprint density at radius 2 is 1.47 bits per heavy atom. The van der Waals surface area contributed by atoms with Crippen LogP contribution in [-0.4, -0.2) is 19.1 Å². The van der Waals surface area contributed by atoms with Crippen LogP contribution in [0, 0.1) is 0 Å². The van der Waals surface area contributed by atoms with Gasteiger partial charge in [0.05, 0.1) is 12.0 Å². The SMILES string of the molecule is O=C(Cc1ccccc1)N(CCc1ccc(C(F)(F)F)cc1)c1ccc(OC(F)F)cc1. The van der Waals surface area contributed by atoms with Crippen molar-refractivity contribution in [1.82, 2.24) is 0 Å². The summed E-state index contributed by atoms with van der Waals surface area (Å²) in [7, 11) is 0. The number of ether oxygens (including phenoxy) is 1. The summed E-state index contributed by atoms with van der Waals surface area (Å²) < 4.78 is 67.5. The van der Waals surface area contributed by atoms with E-state index < -0.39 is 18.4 Å². The molecule has 0 radical (unpaired) electrons. The first-order chi connectivity index (χ1) is 15.2. The van der Waals surface area contributed by atoms with Crippen molar-refractivity contribution in [3.05, 3.63) is 95.6 Å². The van der Waals surface area contributed by atoms with Crippen LogP contribution >= 0.6 is 0 Å². The molecule has 0 saturated carbocycles. The second-order valence-corrected chi connectivity index (χ2v) is 7.02. The predicted octanol–water partition coefficient (Wildman–Crippen LogP) is 6.13. The quantitative estimate of drug-likeness (QED) is 0.388. The molecule has 0 atom stereocenters. The third-order valence-electron chi connectivity index (χ3n) is 4.78. The molecular weight excluding hydrogens is 429 g/mol. The van der Waals surface area contributed by atoms with Crippen LogP contribution in [-0.2, 0) is 23.8 Å². The van der Waals surface area contributed by atoms with E-state index in [0.717, 1.165) is 17.7 Å². The van der Waals surface area contributed by atoms with Gasteiger partial charge in [-0.15, -0.1) is 0 Å². The Kier molecular flexibility index (Phi) is 7.45. The van der Waals surface area contributed by atoms with E-state index in [-0.39, 0.29) is 24.6 Å². The average molecular weight is 449 g/mol. The zero-order valence-electron chi connectivity index (χ0n) is 16.9. The molecule has 3 aromatic rings. The number of carbonyl (C=O) groups excluding carboxylic acids is 1. The van der Waals surface area contributed by atoms with Crippen molar-refractivity contribution in [2.45, 2.75) is 25.6 Å². The Morgan fingerprint density at radius 3 is 2.03 bits per heavy atom. The van der Waals surface area contributed by atoms with Gasteiger partial charge < -0.3 is 9.64 Å². The second-order valence-electron chi connectivity index (χ2n) is 7.02. The van der Waals surface area contributed by atoms with Gasteiger partial charge in [0.2, 0.25) is 5.91 Å². The van der Waals surface area contributed by atoms with Crippen molar-refractivity contribution in [2.75, 3.05) is 11.4 Å². The van der Waals surface area contributed by atoms with Gasteiger partial charge in [0, 0.05) is 12.2 Å². The maximum atomic E-state index is 13.0. The number of halogens is 5. The van der Waals surface area contributed by atoms with Crippen molar-refractivity contribution in [3.63, 3.8) is 0 Å². The van der Waals surface area contributed by atoms with Gasteiger partial charge in [-0.25, -0.2) is 0 Å². The highest BCUT2D eigenvalue weighted by Crippen LogP contribution is 2.29. The Morgan fingerprint density at radius 1 is 0.844 bits per heavy atom. The standard InChI is InChI=1S/C24H20F5NO2/c25-23(26)32-21-12-10-20(11-13-21)30(22(31)16-18-4-2-1-3-5-18)15-14-17-6-8-19(9-7-17)24(27,28)29/h1-13,23H,14-16H2. The molecule has 0 fully saturated rings. The van der Waals surface area contributed by atoms with Gasteiger partial charge >= 0.3 is 12.8 Å². The smallest absolute Gasteiger partial charge is 0.416 e. The van der Waals surface area contributed by atoms with Gasteiger partial charge in [0.25, 0.3) is 0 Å². The highest BCUT2D eigenvalue weighted by atomic mass is 19.4. The Bertz CT molecular complexity index is 1000. The second kappa shape index (κ2) is 10.3. The molecule has 0 bridgehead atoms. The molecule has 3 nitrogen and oxygen atoms in total. The zero-order chi connectivity index (χ0) is 23.1. The molecule has 0 N–H and O–H groups in total. The Balaban J connectivity index is 1.77. The molecule has 0 heterocycles. The van der Waals surface area contributed by atoms with Crippen LogP contribution in [0.2, 0.25) is 0 Å². The minimum Gasteiger partial charge on any atom is -0.435 e. The van der Waals surface area contributed by atoms with Gasteiger partial charge in [-0.2, -0.15) is 22.0 Å². The molecule has 32 heavy (non-hydrogen) atoms. The van der Waals surface area contributed by atoms with E-state index in [9.17, 15) is 26.7 Å². The van der Waals surface area contributed by atoms with Crippen LogP contribution < -0.4 is 9.64 Å². The van der Waals surface area contributed by atoms with Crippen molar-refractivity contribution in [1.29, 1.82) is 0 Å². The first-order valence-electron chi connectivity index (χ1n) is 9.77. The largest absolute Gasteiger partial charge is 0.435 e. The van der Waals surface area contributed by atoms with E-state index >= 15 is 0 Å². The normalized spacial score (nSPS) is 11.4. The fraction of sp³-hybridized carbons (Fsp3) is 0.208. The minimum absolute atomic E-state index is 0.0399. The molecule has 3 rings (SSSR count). The molecule has 0 aromatic heterocycles. The molecule has 0 unspecified atom stereocenters. The molecular formula is C24H20F5NO2.